The van der Waals surface area contributed by atoms with Crippen LogP contribution in [0.25, 0.3) is 0 Å². The molecular weight excluding hydrogens is 314 g/mol. The Balaban J connectivity index is 1.81. The van der Waals surface area contributed by atoms with Crippen LogP contribution in [-0.4, -0.2) is 66.8 Å². The number of piperidine rings is 1. The van der Waals surface area contributed by atoms with E-state index in [0.717, 1.165) is 51.0 Å². The lowest BCUT2D eigenvalue weighted by molar-refractivity contribution is 0.0131. The molecule has 0 atom stereocenters. The smallest absolute Gasteiger partial charge is 0.251 e. The van der Waals surface area contributed by atoms with Crippen molar-refractivity contribution in [3.8, 4) is 0 Å². The van der Waals surface area contributed by atoms with Gasteiger partial charge in [-0.05, 0) is 32.6 Å². The number of halogens is 2. The maximum absolute atomic E-state index is 12.4. The van der Waals surface area contributed by atoms with Gasteiger partial charge < -0.3 is 15.7 Å². The van der Waals surface area contributed by atoms with Crippen LogP contribution in [-0.2, 0) is 0 Å². The highest BCUT2D eigenvalue weighted by molar-refractivity contribution is 5.80. The fourth-order valence-electron chi connectivity index (χ4n) is 3.56. The molecule has 0 unspecified atom stereocenters. The summed E-state index contributed by atoms with van der Waals surface area (Å²) < 4.78 is 24.9. The highest BCUT2D eigenvalue weighted by atomic mass is 19.3. The average Bonchev–Trinajstić information content (AvgIpc) is 2.55. The molecule has 0 bridgehead atoms. The third-order valence-electron chi connectivity index (χ3n) is 4.98. The molecule has 0 aromatic rings. The molecule has 2 rings (SSSR count). The Morgan fingerprint density at radius 3 is 2.50 bits per heavy atom. The van der Waals surface area contributed by atoms with Crippen LogP contribution in [0.1, 0.15) is 51.9 Å². The van der Waals surface area contributed by atoms with E-state index in [1.54, 1.807) is 0 Å². The monoisotopic (exact) mass is 346 g/mol. The van der Waals surface area contributed by atoms with Gasteiger partial charge in [0.15, 0.2) is 5.96 Å². The summed E-state index contributed by atoms with van der Waals surface area (Å²) in [7, 11) is 0. The first-order valence-corrected chi connectivity index (χ1v) is 9.28. The molecule has 0 spiro atoms. The lowest BCUT2D eigenvalue weighted by Crippen LogP contribution is -2.49. The standard InChI is InChI=1S/C17H32F2N4O/c1-2-20-16(21-13-17(24)8-4-3-5-9-17)22-14-6-10-23(11-7-14)12-15(18)19/h14-15,24H,2-13H2,1H3,(H2,20,21,22). The maximum Gasteiger partial charge on any atom is 0.251 e. The van der Waals surface area contributed by atoms with Crippen LogP contribution in [0.15, 0.2) is 4.99 Å². The van der Waals surface area contributed by atoms with E-state index in [2.05, 4.69) is 15.6 Å². The number of rotatable bonds is 6. The van der Waals surface area contributed by atoms with E-state index in [-0.39, 0.29) is 12.6 Å². The zero-order valence-electron chi connectivity index (χ0n) is 14.7. The molecule has 24 heavy (non-hydrogen) atoms. The number of nitrogens with zero attached hydrogens (tertiary/aromatic N) is 2. The van der Waals surface area contributed by atoms with E-state index >= 15 is 0 Å². The van der Waals surface area contributed by atoms with Gasteiger partial charge in [0.2, 0.25) is 0 Å². The van der Waals surface area contributed by atoms with E-state index in [0.29, 0.717) is 19.6 Å². The fourth-order valence-corrected chi connectivity index (χ4v) is 3.56. The number of hydrogen-bond acceptors (Lipinski definition) is 3. The molecule has 1 aliphatic heterocycles. The van der Waals surface area contributed by atoms with Gasteiger partial charge in [-0.2, -0.15) is 0 Å². The molecule has 0 aromatic heterocycles. The van der Waals surface area contributed by atoms with Crippen LogP contribution in [0.5, 0.6) is 0 Å². The third kappa shape index (κ3) is 6.51. The number of guanidine groups is 1. The van der Waals surface area contributed by atoms with Gasteiger partial charge in [0, 0.05) is 25.7 Å². The fraction of sp³-hybridized carbons (Fsp3) is 0.941. The van der Waals surface area contributed by atoms with Gasteiger partial charge in [-0.25, -0.2) is 8.78 Å². The Morgan fingerprint density at radius 2 is 1.92 bits per heavy atom. The van der Waals surface area contributed by atoms with Gasteiger partial charge in [0.05, 0.1) is 18.7 Å². The van der Waals surface area contributed by atoms with Crippen molar-refractivity contribution < 1.29 is 13.9 Å². The molecule has 1 aliphatic carbocycles. The predicted octanol–water partition coefficient (Wildman–Crippen LogP) is 1.97. The van der Waals surface area contributed by atoms with Crippen molar-refractivity contribution in [3.63, 3.8) is 0 Å². The van der Waals surface area contributed by atoms with E-state index in [1.807, 2.05) is 11.8 Å². The first kappa shape index (κ1) is 19.4. The maximum atomic E-state index is 12.4. The normalized spacial score (nSPS) is 23.5. The minimum atomic E-state index is -2.26. The van der Waals surface area contributed by atoms with Crippen molar-refractivity contribution in [1.29, 1.82) is 0 Å². The molecule has 0 radical (unpaired) electrons. The molecule has 0 amide bonds. The van der Waals surface area contributed by atoms with E-state index in [9.17, 15) is 13.9 Å². The van der Waals surface area contributed by atoms with Crippen molar-refractivity contribution in [2.24, 2.45) is 4.99 Å². The van der Waals surface area contributed by atoms with Gasteiger partial charge in [-0.3, -0.25) is 9.89 Å². The molecule has 5 nitrogen and oxygen atoms in total. The van der Waals surface area contributed by atoms with Gasteiger partial charge in [0.1, 0.15) is 0 Å². The second-order valence-electron chi connectivity index (χ2n) is 7.09. The first-order valence-electron chi connectivity index (χ1n) is 9.28. The van der Waals surface area contributed by atoms with E-state index in [4.69, 9.17) is 0 Å². The Morgan fingerprint density at radius 1 is 1.25 bits per heavy atom. The number of nitrogens with one attached hydrogen (secondary N) is 2. The summed E-state index contributed by atoms with van der Waals surface area (Å²) in [5.41, 5.74) is -0.665. The highest BCUT2D eigenvalue weighted by Gasteiger charge is 2.29. The molecule has 1 saturated heterocycles. The lowest BCUT2D eigenvalue weighted by Gasteiger charge is -2.33. The minimum absolute atomic E-state index is 0.131. The predicted molar refractivity (Wildman–Crippen MR) is 92.6 cm³/mol. The van der Waals surface area contributed by atoms with Crippen molar-refractivity contribution in [3.05, 3.63) is 0 Å². The van der Waals surface area contributed by atoms with Gasteiger partial charge in [-0.1, -0.05) is 19.3 Å². The lowest BCUT2D eigenvalue weighted by atomic mass is 9.85. The summed E-state index contributed by atoms with van der Waals surface area (Å²) in [5.74, 6) is 0.726. The van der Waals surface area contributed by atoms with Gasteiger partial charge in [-0.15, -0.1) is 0 Å². The van der Waals surface area contributed by atoms with Crippen molar-refractivity contribution in [2.45, 2.75) is 69.9 Å². The second kappa shape index (κ2) is 9.51. The summed E-state index contributed by atoms with van der Waals surface area (Å²) in [6.45, 7) is 4.43. The van der Waals surface area contributed by atoms with Crippen LogP contribution < -0.4 is 10.6 Å². The Labute approximate surface area is 143 Å². The SMILES string of the molecule is CCNC(=NCC1(O)CCCCC1)NC1CCN(CC(F)F)CC1. The van der Waals surface area contributed by atoms with Crippen molar-refractivity contribution in [2.75, 3.05) is 32.7 Å². The molecule has 140 valence electrons. The highest BCUT2D eigenvalue weighted by Crippen LogP contribution is 2.28. The average molecular weight is 346 g/mol. The summed E-state index contributed by atoms with van der Waals surface area (Å²) in [6, 6.07) is 0.248. The molecule has 7 heteroatoms. The molecule has 0 aromatic carbocycles. The number of alkyl halides is 2. The van der Waals surface area contributed by atoms with Crippen LogP contribution in [0.3, 0.4) is 0 Å². The van der Waals surface area contributed by atoms with Crippen LogP contribution in [0.4, 0.5) is 8.78 Å². The summed E-state index contributed by atoms with van der Waals surface area (Å²) in [5, 5.41) is 17.2. The first-order chi connectivity index (χ1) is 11.5. The third-order valence-corrected chi connectivity index (χ3v) is 4.98. The zero-order chi connectivity index (χ0) is 17.4. The van der Waals surface area contributed by atoms with E-state index < -0.39 is 12.0 Å². The van der Waals surface area contributed by atoms with Crippen LogP contribution in [0, 0.1) is 0 Å². The molecule has 1 saturated carbocycles. The van der Waals surface area contributed by atoms with Gasteiger partial charge >= 0.3 is 0 Å². The molecule has 2 fully saturated rings. The zero-order valence-corrected chi connectivity index (χ0v) is 14.7. The van der Waals surface area contributed by atoms with Crippen molar-refractivity contribution in [1.82, 2.24) is 15.5 Å². The number of aliphatic hydroxyl groups is 1. The number of aliphatic imine (C=N–C) groups is 1. The molecule has 3 N–H and O–H groups in total. The minimum Gasteiger partial charge on any atom is -0.388 e. The Bertz CT molecular complexity index is 392. The molecular formula is C17H32F2N4O. The summed E-state index contributed by atoms with van der Waals surface area (Å²) in [4.78, 5) is 6.40. The topological polar surface area (TPSA) is 59.9 Å². The van der Waals surface area contributed by atoms with E-state index in [1.165, 1.54) is 6.42 Å². The van der Waals surface area contributed by atoms with Crippen LogP contribution in [0.2, 0.25) is 0 Å². The number of likely N-dealkylation sites (tertiary alicyclic amines) is 1. The summed E-state index contributed by atoms with van der Waals surface area (Å²) in [6.07, 6.45) is 4.38. The molecule has 2 aliphatic rings. The number of hydrogen-bond donors (Lipinski definition) is 3. The summed E-state index contributed by atoms with van der Waals surface area (Å²) >= 11 is 0. The Kier molecular flexibility index (Phi) is 7.68. The van der Waals surface area contributed by atoms with Crippen LogP contribution >= 0.6 is 0 Å². The van der Waals surface area contributed by atoms with Gasteiger partial charge in [0.25, 0.3) is 6.43 Å². The Hall–Kier alpha value is -0.950. The quantitative estimate of drug-likeness (QED) is 0.508. The second-order valence-corrected chi connectivity index (χ2v) is 7.09. The molecule has 1 heterocycles. The largest absolute Gasteiger partial charge is 0.388 e. The van der Waals surface area contributed by atoms with Crippen molar-refractivity contribution >= 4 is 5.96 Å².